The summed E-state index contributed by atoms with van der Waals surface area (Å²) < 4.78 is 29.2. The molecule has 0 aliphatic heterocycles. The van der Waals surface area contributed by atoms with Crippen LogP contribution in [0.1, 0.15) is 36.1 Å². The lowest BCUT2D eigenvalue weighted by Gasteiger charge is -2.29. The molecule has 35 heavy (non-hydrogen) atoms. The van der Waals surface area contributed by atoms with Crippen molar-refractivity contribution in [1.29, 1.82) is 0 Å². The molecule has 1 atom stereocenters. The summed E-state index contributed by atoms with van der Waals surface area (Å²) in [5, 5.41) is 13.1. The first-order chi connectivity index (χ1) is 16.8. The Bertz CT molecular complexity index is 1440. The molecule has 0 aliphatic carbocycles. The summed E-state index contributed by atoms with van der Waals surface area (Å²) >= 11 is 0. The standard InChI is InChI=1S/C28H28N2O4S/c1-21-8-5-9-23(20-21)10-7-19-29(35(33,34)26-17-15-25(16-18-26)30(31)32)22(2)27-14-6-12-24-11-3-4-13-28(24)27/h3-6,8-9,11-18,20,22H,7,10,19H2,1-2H3/t22-/m1/s1. The van der Waals surface area contributed by atoms with Crippen LogP contribution in [0.2, 0.25) is 0 Å². The second kappa shape index (κ2) is 10.4. The number of non-ortho nitro benzene ring substituents is 1. The van der Waals surface area contributed by atoms with E-state index in [2.05, 4.69) is 12.1 Å². The Morgan fingerprint density at radius 3 is 2.31 bits per heavy atom. The van der Waals surface area contributed by atoms with Gasteiger partial charge in [-0.15, -0.1) is 0 Å². The average Bonchev–Trinajstić information content (AvgIpc) is 2.86. The quantitative estimate of drug-likeness (QED) is 0.200. The summed E-state index contributed by atoms with van der Waals surface area (Å²) in [7, 11) is -3.91. The second-order valence-corrected chi connectivity index (χ2v) is 10.6. The Hall–Kier alpha value is -3.55. The number of nitro groups is 1. The summed E-state index contributed by atoms with van der Waals surface area (Å²) in [5.41, 5.74) is 3.11. The van der Waals surface area contributed by atoms with Crippen LogP contribution in [0.3, 0.4) is 0 Å². The van der Waals surface area contributed by atoms with E-state index in [1.807, 2.05) is 68.4 Å². The van der Waals surface area contributed by atoms with E-state index in [0.717, 1.165) is 28.3 Å². The molecule has 0 saturated heterocycles. The molecule has 0 aromatic heterocycles. The molecule has 0 amide bonds. The van der Waals surface area contributed by atoms with Crippen LogP contribution >= 0.6 is 0 Å². The summed E-state index contributed by atoms with van der Waals surface area (Å²) in [4.78, 5) is 10.6. The fourth-order valence-corrected chi connectivity index (χ4v) is 6.12. The number of nitro benzene ring substituents is 1. The summed E-state index contributed by atoms with van der Waals surface area (Å²) in [6, 6.07) is 26.7. The number of aryl methyl sites for hydroxylation is 2. The Morgan fingerprint density at radius 2 is 1.60 bits per heavy atom. The summed E-state index contributed by atoms with van der Waals surface area (Å²) in [6.07, 6.45) is 1.39. The lowest BCUT2D eigenvalue weighted by Crippen LogP contribution is -2.35. The zero-order valence-electron chi connectivity index (χ0n) is 19.8. The molecule has 0 aliphatic rings. The van der Waals surface area contributed by atoms with Crippen LogP contribution in [0.15, 0.2) is 95.9 Å². The third kappa shape index (κ3) is 5.42. The summed E-state index contributed by atoms with van der Waals surface area (Å²) in [6.45, 7) is 4.26. The van der Waals surface area contributed by atoms with Crippen LogP contribution in [0.25, 0.3) is 10.8 Å². The highest BCUT2D eigenvalue weighted by molar-refractivity contribution is 7.89. The normalized spacial score (nSPS) is 12.7. The molecule has 180 valence electrons. The van der Waals surface area contributed by atoms with Gasteiger partial charge in [0, 0.05) is 24.7 Å². The van der Waals surface area contributed by atoms with E-state index < -0.39 is 21.0 Å². The topological polar surface area (TPSA) is 80.5 Å². The number of nitrogens with zero attached hydrogens (tertiary/aromatic N) is 2. The van der Waals surface area contributed by atoms with Crippen molar-refractivity contribution in [2.45, 2.75) is 37.6 Å². The van der Waals surface area contributed by atoms with Gasteiger partial charge in [-0.2, -0.15) is 4.31 Å². The van der Waals surface area contributed by atoms with Crippen molar-refractivity contribution in [3.8, 4) is 0 Å². The maximum Gasteiger partial charge on any atom is 0.269 e. The van der Waals surface area contributed by atoms with E-state index in [1.165, 1.54) is 34.1 Å². The monoisotopic (exact) mass is 488 g/mol. The van der Waals surface area contributed by atoms with Gasteiger partial charge in [-0.25, -0.2) is 8.42 Å². The van der Waals surface area contributed by atoms with Gasteiger partial charge in [-0.3, -0.25) is 10.1 Å². The molecular formula is C28H28N2O4S. The van der Waals surface area contributed by atoms with E-state index in [-0.39, 0.29) is 10.6 Å². The van der Waals surface area contributed by atoms with Crippen molar-refractivity contribution in [2.75, 3.05) is 6.54 Å². The molecule has 0 bridgehead atoms. The Balaban J connectivity index is 1.69. The van der Waals surface area contributed by atoms with E-state index in [0.29, 0.717) is 13.0 Å². The lowest BCUT2D eigenvalue weighted by atomic mass is 9.99. The Labute approximate surface area is 206 Å². The molecule has 0 saturated carbocycles. The maximum absolute atomic E-state index is 13.8. The molecule has 0 fully saturated rings. The van der Waals surface area contributed by atoms with Crippen molar-refractivity contribution < 1.29 is 13.3 Å². The second-order valence-electron chi connectivity index (χ2n) is 8.70. The minimum absolute atomic E-state index is 0.0470. The van der Waals surface area contributed by atoms with E-state index in [9.17, 15) is 18.5 Å². The number of rotatable bonds is 9. The third-order valence-corrected chi connectivity index (χ3v) is 8.27. The van der Waals surface area contributed by atoms with Crippen LogP contribution in [-0.4, -0.2) is 24.2 Å². The molecule has 0 N–H and O–H groups in total. The van der Waals surface area contributed by atoms with Crippen LogP contribution in [0.5, 0.6) is 0 Å². The smallest absolute Gasteiger partial charge is 0.258 e. The lowest BCUT2D eigenvalue weighted by molar-refractivity contribution is -0.384. The van der Waals surface area contributed by atoms with E-state index in [1.54, 1.807) is 0 Å². The number of sulfonamides is 1. The van der Waals surface area contributed by atoms with Crippen LogP contribution in [0.4, 0.5) is 5.69 Å². The van der Waals surface area contributed by atoms with Crippen molar-refractivity contribution in [3.05, 3.63) is 118 Å². The molecule has 4 aromatic carbocycles. The van der Waals surface area contributed by atoms with Gasteiger partial charge >= 0.3 is 0 Å². The highest BCUT2D eigenvalue weighted by atomic mass is 32.2. The number of fused-ring (bicyclic) bond motifs is 1. The van der Waals surface area contributed by atoms with E-state index in [4.69, 9.17) is 0 Å². The first-order valence-electron chi connectivity index (χ1n) is 11.6. The minimum Gasteiger partial charge on any atom is -0.258 e. The molecule has 0 heterocycles. The number of benzene rings is 4. The first kappa shape index (κ1) is 24.6. The molecule has 4 aromatic rings. The zero-order valence-corrected chi connectivity index (χ0v) is 20.6. The van der Waals surface area contributed by atoms with Crippen molar-refractivity contribution in [1.82, 2.24) is 4.31 Å². The van der Waals surface area contributed by atoms with Gasteiger partial charge in [0.1, 0.15) is 0 Å². The van der Waals surface area contributed by atoms with Gasteiger partial charge in [-0.05, 0) is 60.7 Å². The Kier molecular flexibility index (Phi) is 7.28. The van der Waals surface area contributed by atoms with Crippen molar-refractivity contribution in [3.63, 3.8) is 0 Å². The van der Waals surface area contributed by atoms with Gasteiger partial charge in [-0.1, -0.05) is 72.3 Å². The van der Waals surface area contributed by atoms with Crippen LogP contribution in [-0.2, 0) is 16.4 Å². The van der Waals surface area contributed by atoms with Gasteiger partial charge in [0.25, 0.3) is 5.69 Å². The van der Waals surface area contributed by atoms with Crippen LogP contribution in [0, 0.1) is 17.0 Å². The Morgan fingerprint density at radius 1 is 0.914 bits per heavy atom. The first-order valence-corrected chi connectivity index (χ1v) is 13.0. The molecule has 6 nitrogen and oxygen atoms in total. The van der Waals surface area contributed by atoms with Gasteiger partial charge in [0.05, 0.1) is 9.82 Å². The highest BCUT2D eigenvalue weighted by Gasteiger charge is 2.30. The zero-order chi connectivity index (χ0) is 25.0. The third-order valence-electron chi connectivity index (χ3n) is 6.29. The predicted octanol–water partition coefficient (Wildman–Crippen LogP) is 6.44. The van der Waals surface area contributed by atoms with Crippen molar-refractivity contribution >= 4 is 26.5 Å². The average molecular weight is 489 g/mol. The fourth-order valence-electron chi connectivity index (χ4n) is 4.47. The van der Waals surface area contributed by atoms with Gasteiger partial charge in [0.2, 0.25) is 10.0 Å². The molecule has 0 spiro atoms. The fraction of sp³-hybridized carbons (Fsp3) is 0.214. The number of hydrogen-bond donors (Lipinski definition) is 0. The number of hydrogen-bond acceptors (Lipinski definition) is 4. The molecule has 4 rings (SSSR count). The molecule has 0 radical (unpaired) electrons. The summed E-state index contributed by atoms with van der Waals surface area (Å²) in [5.74, 6) is 0. The van der Waals surface area contributed by atoms with Gasteiger partial charge in [0.15, 0.2) is 0 Å². The van der Waals surface area contributed by atoms with Gasteiger partial charge < -0.3 is 0 Å². The molecular weight excluding hydrogens is 460 g/mol. The maximum atomic E-state index is 13.8. The SMILES string of the molecule is Cc1cccc(CCCN([C@H](C)c2cccc3ccccc23)S(=O)(=O)c2ccc([N+](=O)[O-])cc2)c1. The highest BCUT2D eigenvalue weighted by Crippen LogP contribution is 2.33. The minimum atomic E-state index is -3.91. The van der Waals surface area contributed by atoms with Crippen LogP contribution < -0.4 is 0 Å². The largest absolute Gasteiger partial charge is 0.269 e. The molecule has 7 heteroatoms. The van der Waals surface area contributed by atoms with Crippen molar-refractivity contribution in [2.24, 2.45) is 0 Å². The predicted molar refractivity (Wildman–Crippen MR) is 139 cm³/mol. The van der Waals surface area contributed by atoms with E-state index >= 15 is 0 Å². The molecule has 0 unspecified atom stereocenters.